The Morgan fingerprint density at radius 1 is 1.43 bits per heavy atom. The number of amides is 1. The van der Waals surface area contributed by atoms with Crippen LogP contribution >= 0.6 is 11.3 Å². The van der Waals surface area contributed by atoms with Crippen molar-refractivity contribution in [2.75, 3.05) is 11.9 Å². The molecule has 124 valence electrons. The number of anilines is 1. The van der Waals surface area contributed by atoms with Crippen molar-refractivity contribution >= 4 is 22.4 Å². The van der Waals surface area contributed by atoms with Crippen molar-refractivity contribution in [1.29, 1.82) is 0 Å². The number of hydrogen-bond acceptors (Lipinski definition) is 5. The molecule has 23 heavy (non-hydrogen) atoms. The number of nitrogens with zero attached hydrogens (tertiary/aromatic N) is 3. The lowest BCUT2D eigenvalue weighted by Crippen LogP contribution is -2.34. The Balaban J connectivity index is 2.32. The van der Waals surface area contributed by atoms with E-state index in [1.807, 2.05) is 0 Å². The van der Waals surface area contributed by atoms with Crippen molar-refractivity contribution in [3.05, 3.63) is 35.2 Å². The van der Waals surface area contributed by atoms with Crippen LogP contribution in [0.5, 0.6) is 0 Å². The van der Waals surface area contributed by atoms with Crippen molar-refractivity contribution in [3.63, 3.8) is 0 Å². The number of aryl methyl sites for hydroxylation is 1. The number of aromatic nitrogens is 2. The molecule has 2 aromatic rings. The molecule has 0 unspecified atom stereocenters. The van der Waals surface area contributed by atoms with E-state index in [0.29, 0.717) is 26.0 Å². The molecule has 6 nitrogen and oxygen atoms in total. The Labute approximate surface area is 137 Å². The van der Waals surface area contributed by atoms with E-state index in [1.165, 1.54) is 28.5 Å². The molecule has 2 rings (SSSR count). The summed E-state index contributed by atoms with van der Waals surface area (Å²) in [6, 6.07) is 1.23. The van der Waals surface area contributed by atoms with Gasteiger partial charge < -0.3 is 9.94 Å². The predicted octanol–water partition coefficient (Wildman–Crippen LogP) is 3.26. The second-order valence-electron chi connectivity index (χ2n) is 6.05. The van der Waals surface area contributed by atoms with Crippen molar-refractivity contribution in [3.8, 4) is 10.6 Å². The normalized spacial score (nSPS) is 11.4. The van der Waals surface area contributed by atoms with Crippen LogP contribution in [0.3, 0.4) is 0 Å². The number of thiazole rings is 1. The summed E-state index contributed by atoms with van der Waals surface area (Å²) < 4.78 is 19.1. The van der Waals surface area contributed by atoms with E-state index in [9.17, 15) is 14.4 Å². The Hall–Kier alpha value is -2.22. The molecule has 0 saturated heterocycles. The number of carbonyl (C=O) groups is 1. The van der Waals surface area contributed by atoms with Crippen LogP contribution in [0.2, 0.25) is 0 Å². The van der Waals surface area contributed by atoms with Crippen LogP contribution in [-0.2, 0) is 4.74 Å². The van der Waals surface area contributed by atoms with Gasteiger partial charge in [-0.2, -0.15) is 4.73 Å². The van der Waals surface area contributed by atoms with E-state index < -0.39 is 17.5 Å². The minimum absolute atomic E-state index is 0.358. The van der Waals surface area contributed by atoms with E-state index >= 15 is 0 Å². The molecule has 2 aromatic heterocycles. The van der Waals surface area contributed by atoms with Crippen LogP contribution in [0.25, 0.3) is 10.6 Å². The van der Waals surface area contributed by atoms with Gasteiger partial charge in [0.25, 0.3) is 0 Å². The van der Waals surface area contributed by atoms with Crippen molar-refractivity contribution < 1.29 is 18.7 Å². The number of carbonyl (C=O) groups excluding carboxylic acids is 1. The maximum Gasteiger partial charge on any atom is 0.415 e. The molecule has 0 aliphatic heterocycles. The first kappa shape index (κ1) is 17.1. The highest BCUT2D eigenvalue weighted by atomic mass is 32.1. The zero-order valence-corrected chi connectivity index (χ0v) is 14.4. The van der Waals surface area contributed by atoms with E-state index in [-0.39, 0.29) is 0 Å². The van der Waals surface area contributed by atoms with Crippen LogP contribution < -0.4 is 9.63 Å². The van der Waals surface area contributed by atoms with E-state index in [4.69, 9.17) is 4.74 Å². The van der Waals surface area contributed by atoms with Crippen LogP contribution in [-0.4, -0.2) is 23.7 Å². The topological polar surface area (TPSA) is 69.4 Å². The van der Waals surface area contributed by atoms with Crippen molar-refractivity contribution in [2.45, 2.75) is 33.3 Å². The molecule has 2 heterocycles. The predicted molar refractivity (Wildman–Crippen MR) is 85.8 cm³/mol. The number of halogens is 1. The fraction of sp³-hybridized carbons (Fsp3) is 0.400. The largest absolute Gasteiger partial charge is 0.619 e. The van der Waals surface area contributed by atoms with Crippen LogP contribution in [0.4, 0.5) is 14.2 Å². The van der Waals surface area contributed by atoms with Crippen molar-refractivity contribution in [2.24, 2.45) is 0 Å². The zero-order valence-electron chi connectivity index (χ0n) is 13.6. The Morgan fingerprint density at radius 2 is 2.09 bits per heavy atom. The van der Waals surface area contributed by atoms with Gasteiger partial charge in [0.1, 0.15) is 15.6 Å². The summed E-state index contributed by atoms with van der Waals surface area (Å²) in [5.41, 5.74) is 0.348. The first-order valence-electron chi connectivity index (χ1n) is 6.90. The number of hydrogen-bond donors (Lipinski definition) is 0. The van der Waals surface area contributed by atoms with Crippen molar-refractivity contribution in [1.82, 2.24) is 4.98 Å². The lowest BCUT2D eigenvalue weighted by atomic mass is 10.2. The highest BCUT2D eigenvalue weighted by molar-refractivity contribution is 7.19. The molecule has 0 aliphatic carbocycles. The van der Waals surface area contributed by atoms with Crippen LogP contribution in [0.15, 0.2) is 18.5 Å². The summed E-state index contributed by atoms with van der Waals surface area (Å²) in [5, 5.41) is 12.4. The fourth-order valence-corrected chi connectivity index (χ4v) is 2.87. The number of pyridine rings is 1. The quantitative estimate of drug-likeness (QED) is 0.622. The standard InChI is InChI=1S/C15H18FN3O3S/c1-9-13(18(5)14(20)22-15(2,3)4)23-12(17-9)10-6-11(16)8-19(21)7-10/h6-8H,1-5H3. The second-order valence-corrected chi connectivity index (χ2v) is 7.03. The Bertz CT molecular complexity index is 720. The molecular weight excluding hydrogens is 321 g/mol. The number of ether oxygens (including phenoxy) is 1. The fourth-order valence-electron chi connectivity index (χ4n) is 1.87. The maximum atomic E-state index is 13.4. The molecular formula is C15H18FN3O3S. The third-order valence-electron chi connectivity index (χ3n) is 2.80. The Morgan fingerprint density at radius 3 is 2.65 bits per heavy atom. The average Bonchev–Trinajstić information content (AvgIpc) is 2.77. The minimum Gasteiger partial charge on any atom is -0.619 e. The summed E-state index contributed by atoms with van der Waals surface area (Å²) in [6.07, 6.45) is 1.56. The molecule has 0 atom stereocenters. The summed E-state index contributed by atoms with van der Waals surface area (Å²) in [6.45, 7) is 7.08. The highest BCUT2D eigenvalue weighted by Gasteiger charge is 2.24. The van der Waals surface area contributed by atoms with Gasteiger partial charge in [0.2, 0.25) is 6.20 Å². The van der Waals surface area contributed by atoms with Gasteiger partial charge >= 0.3 is 6.09 Å². The molecule has 0 aromatic carbocycles. The van der Waals surface area contributed by atoms with Gasteiger partial charge in [0.05, 0.1) is 11.3 Å². The molecule has 0 saturated carbocycles. The summed E-state index contributed by atoms with van der Waals surface area (Å²) >= 11 is 1.19. The molecule has 8 heteroatoms. The third-order valence-corrected chi connectivity index (χ3v) is 4.08. The van der Waals surface area contributed by atoms with Gasteiger partial charge in [-0.05, 0) is 33.8 Å². The molecule has 0 spiro atoms. The average molecular weight is 339 g/mol. The van der Waals surface area contributed by atoms with Gasteiger partial charge in [-0.1, -0.05) is 11.3 Å². The monoisotopic (exact) mass is 339 g/mol. The second kappa shape index (κ2) is 6.11. The van der Waals surface area contributed by atoms with Gasteiger partial charge in [-0.15, -0.1) is 0 Å². The van der Waals surface area contributed by atoms with Crippen LogP contribution in [0.1, 0.15) is 26.5 Å². The summed E-state index contributed by atoms with van der Waals surface area (Å²) in [5.74, 6) is -0.646. The van der Waals surface area contributed by atoms with Gasteiger partial charge in [0, 0.05) is 7.05 Å². The smallest absolute Gasteiger partial charge is 0.415 e. The van der Waals surface area contributed by atoms with E-state index in [2.05, 4.69) is 4.98 Å². The van der Waals surface area contributed by atoms with E-state index in [0.717, 1.165) is 6.20 Å². The van der Waals surface area contributed by atoms with Crippen LogP contribution in [0, 0.1) is 17.9 Å². The first-order valence-corrected chi connectivity index (χ1v) is 7.72. The molecule has 0 fully saturated rings. The number of rotatable bonds is 2. The van der Waals surface area contributed by atoms with Gasteiger partial charge in [-0.25, -0.2) is 14.2 Å². The zero-order chi connectivity index (χ0) is 17.4. The summed E-state index contributed by atoms with van der Waals surface area (Å²) in [7, 11) is 1.58. The van der Waals surface area contributed by atoms with E-state index in [1.54, 1.807) is 34.7 Å². The molecule has 0 aliphatic rings. The Kier molecular flexibility index (Phi) is 4.56. The van der Waals surface area contributed by atoms with Gasteiger partial charge in [-0.3, -0.25) is 4.90 Å². The third kappa shape index (κ3) is 4.16. The lowest BCUT2D eigenvalue weighted by molar-refractivity contribution is -0.606. The molecule has 0 N–H and O–H groups in total. The summed E-state index contributed by atoms with van der Waals surface area (Å²) in [4.78, 5) is 17.8. The van der Waals surface area contributed by atoms with Gasteiger partial charge in [0.15, 0.2) is 12.0 Å². The molecule has 0 bridgehead atoms. The lowest BCUT2D eigenvalue weighted by Gasteiger charge is -2.23. The minimum atomic E-state index is -0.646. The maximum absolute atomic E-state index is 13.4. The first-order chi connectivity index (χ1) is 10.6. The molecule has 1 amide bonds. The SMILES string of the molecule is Cc1nc(-c2cc(F)c[n+]([O-])c2)sc1N(C)C(=O)OC(C)(C)C. The highest BCUT2D eigenvalue weighted by Crippen LogP contribution is 2.34. The molecule has 0 radical (unpaired) electrons.